The molecule has 0 spiro atoms. The number of aryl methyl sites for hydroxylation is 1. The van der Waals surface area contributed by atoms with E-state index in [4.69, 9.17) is 9.72 Å². The van der Waals surface area contributed by atoms with Gasteiger partial charge >= 0.3 is 0 Å². The summed E-state index contributed by atoms with van der Waals surface area (Å²) in [6, 6.07) is 18.6. The number of benzene rings is 2. The van der Waals surface area contributed by atoms with Crippen molar-refractivity contribution >= 4 is 22.5 Å². The fourth-order valence-corrected chi connectivity index (χ4v) is 4.33. The van der Waals surface area contributed by atoms with Gasteiger partial charge in [-0.2, -0.15) is 0 Å². The highest BCUT2D eigenvalue weighted by Crippen LogP contribution is 2.27. The number of carbonyl (C=O) groups is 1. The number of rotatable bonds is 6. The van der Waals surface area contributed by atoms with E-state index >= 15 is 0 Å². The van der Waals surface area contributed by atoms with E-state index in [-0.39, 0.29) is 5.91 Å². The van der Waals surface area contributed by atoms with Gasteiger partial charge in [-0.15, -0.1) is 0 Å². The zero-order valence-electron chi connectivity index (χ0n) is 17.7. The van der Waals surface area contributed by atoms with Crippen molar-refractivity contribution in [1.29, 1.82) is 0 Å². The van der Waals surface area contributed by atoms with Crippen LogP contribution in [0.1, 0.15) is 17.7 Å². The predicted octanol–water partition coefficient (Wildman–Crippen LogP) is 3.32. The fourth-order valence-electron chi connectivity index (χ4n) is 4.33. The van der Waals surface area contributed by atoms with Crippen LogP contribution in [0.5, 0.6) is 5.75 Å². The molecule has 2 aromatic carbocycles. The largest absolute Gasteiger partial charge is 0.492 e. The molecule has 1 saturated heterocycles. The summed E-state index contributed by atoms with van der Waals surface area (Å²) in [6.07, 6.45) is 1.37. The maximum absolute atomic E-state index is 11.6. The number of fused-ring (bicyclic) bond motifs is 2. The number of aromatic nitrogens is 1. The number of amides is 1. The summed E-state index contributed by atoms with van der Waals surface area (Å²) in [7, 11) is 0. The quantitative estimate of drug-likeness (QED) is 0.668. The van der Waals surface area contributed by atoms with E-state index in [9.17, 15) is 4.79 Å². The number of anilines is 1. The third-order valence-electron chi connectivity index (χ3n) is 6.16. The summed E-state index contributed by atoms with van der Waals surface area (Å²) in [6.45, 7) is 6.62. The molecular weight excluding hydrogens is 388 g/mol. The van der Waals surface area contributed by atoms with Gasteiger partial charge in [0.05, 0.1) is 11.2 Å². The minimum absolute atomic E-state index is 0.0846. The van der Waals surface area contributed by atoms with E-state index in [1.165, 1.54) is 10.9 Å². The Hall–Kier alpha value is -2.96. The summed E-state index contributed by atoms with van der Waals surface area (Å²) < 4.78 is 5.96. The fraction of sp³-hybridized carbons (Fsp3) is 0.360. The van der Waals surface area contributed by atoms with E-state index in [2.05, 4.69) is 51.5 Å². The summed E-state index contributed by atoms with van der Waals surface area (Å²) in [4.78, 5) is 21.3. The van der Waals surface area contributed by atoms with Crippen molar-refractivity contribution in [1.82, 2.24) is 14.8 Å². The van der Waals surface area contributed by atoms with Gasteiger partial charge in [-0.25, -0.2) is 0 Å². The van der Waals surface area contributed by atoms with E-state index in [1.807, 2.05) is 18.2 Å². The minimum atomic E-state index is 0.0846. The number of nitrogens with zero attached hydrogens (tertiary/aromatic N) is 3. The van der Waals surface area contributed by atoms with Crippen LogP contribution in [0.15, 0.2) is 54.6 Å². The summed E-state index contributed by atoms with van der Waals surface area (Å²) in [5.74, 6) is 0.906. The summed E-state index contributed by atoms with van der Waals surface area (Å²) in [5.41, 5.74) is 4.28. The number of hydrogen-bond acceptors (Lipinski definition) is 5. The molecule has 160 valence electrons. The lowest BCUT2D eigenvalue weighted by molar-refractivity contribution is -0.116. The zero-order valence-corrected chi connectivity index (χ0v) is 17.7. The smallest absolute Gasteiger partial charge is 0.224 e. The normalized spacial score (nSPS) is 17.4. The lowest BCUT2D eigenvalue weighted by atomic mass is 10.0. The summed E-state index contributed by atoms with van der Waals surface area (Å²) in [5, 5.41) is 4.13. The highest BCUT2D eigenvalue weighted by atomic mass is 16.5. The molecule has 0 saturated carbocycles. The Balaban J connectivity index is 1.07. The van der Waals surface area contributed by atoms with Crippen LogP contribution in [0, 0.1) is 0 Å². The van der Waals surface area contributed by atoms with Crippen LogP contribution in [0.2, 0.25) is 0 Å². The van der Waals surface area contributed by atoms with Crippen molar-refractivity contribution < 1.29 is 9.53 Å². The Morgan fingerprint density at radius 3 is 2.68 bits per heavy atom. The Morgan fingerprint density at radius 2 is 1.77 bits per heavy atom. The monoisotopic (exact) mass is 416 g/mol. The van der Waals surface area contributed by atoms with Gasteiger partial charge in [0.15, 0.2) is 0 Å². The van der Waals surface area contributed by atoms with Crippen molar-refractivity contribution in [3.63, 3.8) is 0 Å². The topological polar surface area (TPSA) is 57.7 Å². The van der Waals surface area contributed by atoms with Gasteiger partial charge in [-0.3, -0.25) is 19.6 Å². The van der Waals surface area contributed by atoms with Gasteiger partial charge in [0.2, 0.25) is 5.91 Å². The number of nitrogens with one attached hydrogen (secondary N) is 1. The van der Waals surface area contributed by atoms with Crippen LogP contribution >= 0.6 is 0 Å². The van der Waals surface area contributed by atoms with Gasteiger partial charge in [0.25, 0.3) is 0 Å². The maximum atomic E-state index is 11.6. The Kier molecular flexibility index (Phi) is 5.82. The van der Waals surface area contributed by atoms with Gasteiger partial charge in [-0.05, 0) is 30.2 Å². The van der Waals surface area contributed by atoms with Crippen LogP contribution in [0.3, 0.4) is 0 Å². The number of carbonyl (C=O) groups excluding carboxylic acids is 1. The van der Waals surface area contributed by atoms with Crippen LogP contribution in [0.4, 0.5) is 5.69 Å². The van der Waals surface area contributed by atoms with E-state index in [0.717, 1.165) is 68.3 Å². The molecule has 31 heavy (non-hydrogen) atoms. The second-order valence-corrected chi connectivity index (χ2v) is 8.33. The average Bonchev–Trinajstić information content (AvgIpc) is 2.80. The number of piperazine rings is 1. The highest BCUT2D eigenvalue weighted by Gasteiger charge is 2.18. The average molecular weight is 417 g/mol. The number of hydrogen-bond donors (Lipinski definition) is 1. The van der Waals surface area contributed by atoms with Crippen molar-refractivity contribution in [2.45, 2.75) is 19.4 Å². The van der Waals surface area contributed by atoms with Gasteiger partial charge in [0.1, 0.15) is 12.4 Å². The zero-order chi connectivity index (χ0) is 21.0. The lowest BCUT2D eigenvalue weighted by Gasteiger charge is -2.34. The van der Waals surface area contributed by atoms with E-state index in [0.29, 0.717) is 13.0 Å². The molecule has 0 bridgehead atoms. The molecule has 1 N–H and O–H groups in total. The lowest BCUT2D eigenvalue weighted by Crippen LogP contribution is -2.47. The number of para-hydroxylation sites is 1. The molecule has 2 aliphatic heterocycles. The Labute approximate surface area is 182 Å². The second kappa shape index (κ2) is 9.04. The van der Waals surface area contributed by atoms with Crippen LogP contribution in [0.25, 0.3) is 10.9 Å². The molecule has 2 aliphatic rings. The van der Waals surface area contributed by atoms with Crippen molar-refractivity contribution in [3.05, 3.63) is 65.9 Å². The molecule has 6 nitrogen and oxygen atoms in total. The number of ether oxygens (including phenoxy) is 1. The number of pyridine rings is 1. The molecule has 1 fully saturated rings. The molecule has 5 rings (SSSR count). The minimum Gasteiger partial charge on any atom is -0.492 e. The Bertz CT molecular complexity index is 1080. The molecule has 3 heterocycles. The first-order valence-corrected chi connectivity index (χ1v) is 11.1. The molecule has 0 atom stereocenters. The highest BCUT2D eigenvalue weighted by molar-refractivity contribution is 5.94. The standard InChI is InChI=1S/C25H28N4O2/c30-25-10-7-20-6-9-22(17-24(20)27-25)31-16-15-28-11-13-29(14-12-28)18-21-8-5-19-3-1-2-4-23(19)26-21/h1-6,8-9,17H,7,10-16,18H2,(H,27,30). The molecule has 6 heteroatoms. The third-order valence-corrected chi connectivity index (χ3v) is 6.16. The van der Waals surface area contributed by atoms with Crippen LogP contribution in [-0.2, 0) is 17.8 Å². The molecule has 3 aromatic rings. The van der Waals surface area contributed by atoms with Crippen LogP contribution in [-0.4, -0.2) is 60.0 Å². The molecular formula is C25H28N4O2. The molecule has 0 unspecified atom stereocenters. The molecule has 1 amide bonds. The van der Waals surface area contributed by atoms with Gasteiger partial charge in [-0.1, -0.05) is 30.3 Å². The molecule has 1 aromatic heterocycles. The van der Waals surface area contributed by atoms with Crippen molar-refractivity contribution in [3.8, 4) is 5.75 Å². The van der Waals surface area contributed by atoms with Crippen molar-refractivity contribution in [2.75, 3.05) is 44.6 Å². The first kappa shape index (κ1) is 20.0. The van der Waals surface area contributed by atoms with E-state index < -0.39 is 0 Å². The molecule has 0 aliphatic carbocycles. The first-order valence-electron chi connectivity index (χ1n) is 11.1. The molecule has 0 radical (unpaired) electrons. The third kappa shape index (κ3) is 4.86. The van der Waals surface area contributed by atoms with Gasteiger partial charge in [0, 0.05) is 62.8 Å². The summed E-state index contributed by atoms with van der Waals surface area (Å²) >= 11 is 0. The van der Waals surface area contributed by atoms with E-state index in [1.54, 1.807) is 0 Å². The van der Waals surface area contributed by atoms with Crippen molar-refractivity contribution in [2.24, 2.45) is 0 Å². The SMILES string of the molecule is O=C1CCc2ccc(OCCN3CCN(Cc4ccc5ccccc5n4)CC3)cc2N1. The van der Waals surface area contributed by atoms with Crippen LogP contribution < -0.4 is 10.1 Å². The second-order valence-electron chi connectivity index (χ2n) is 8.33. The predicted molar refractivity (Wildman–Crippen MR) is 122 cm³/mol. The van der Waals surface area contributed by atoms with Gasteiger partial charge < -0.3 is 10.1 Å². The maximum Gasteiger partial charge on any atom is 0.224 e. The Morgan fingerprint density at radius 1 is 0.935 bits per heavy atom. The first-order chi connectivity index (χ1) is 15.2.